The number of benzene rings is 2. The van der Waals surface area contributed by atoms with Gasteiger partial charge in [-0.15, -0.1) is 0 Å². The molecule has 6 nitrogen and oxygen atoms in total. The fraction of sp³-hybridized carbons (Fsp3) is 0.316. The van der Waals surface area contributed by atoms with E-state index in [1.165, 1.54) is 0 Å². The number of carbonyl (C=O) groups is 1. The Balaban J connectivity index is 1.73. The molecule has 1 N–H and O–H groups in total. The van der Waals surface area contributed by atoms with E-state index in [2.05, 4.69) is 5.32 Å². The van der Waals surface area contributed by atoms with Gasteiger partial charge in [0.15, 0.2) is 11.5 Å². The molecule has 2 aromatic rings. The zero-order valence-corrected chi connectivity index (χ0v) is 15.7. The number of amides is 1. The molecule has 0 saturated carbocycles. The fourth-order valence-corrected chi connectivity index (χ4v) is 3.10. The highest BCUT2D eigenvalue weighted by Crippen LogP contribution is 2.39. The molecule has 0 aliphatic carbocycles. The Kier molecular flexibility index (Phi) is 5.54. The van der Waals surface area contributed by atoms with Crippen LogP contribution in [-0.2, 0) is 0 Å². The molecule has 2 aromatic carbocycles. The van der Waals surface area contributed by atoms with Crippen LogP contribution in [-0.4, -0.2) is 45.3 Å². The van der Waals surface area contributed by atoms with Gasteiger partial charge in [0, 0.05) is 12.1 Å². The van der Waals surface area contributed by atoms with E-state index in [1.54, 1.807) is 19.2 Å². The van der Waals surface area contributed by atoms with Crippen LogP contribution in [0.4, 0.5) is 0 Å². The van der Waals surface area contributed by atoms with Crippen LogP contribution in [0.5, 0.6) is 17.2 Å². The number of fused-ring (bicyclic) bond motifs is 1. The summed E-state index contributed by atoms with van der Waals surface area (Å²) < 4.78 is 15.9. The molecule has 1 aliphatic heterocycles. The van der Waals surface area contributed by atoms with Crippen molar-refractivity contribution >= 4 is 17.5 Å². The van der Waals surface area contributed by atoms with E-state index in [-0.39, 0.29) is 18.7 Å². The van der Waals surface area contributed by atoms with Crippen LogP contribution < -0.4 is 19.5 Å². The lowest BCUT2D eigenvalue weighted by Crippen LogP contribution is -2.34. The number of carbonyl (C=O) groups excluding carboxylic acids is 1. The smallest absolute Gasteiger partial charge is 0.251 e. The van der Waals surface area contributed by atoms with Crippen LogP contribution in [0, 0.1) is 0 Å². The van der Waals surface area contributed by atoms with E-state index in [0.717, 1.165) is 11.3 Å². The first-order valence-corrected chi connectivity index (χ1v) is 8.55. The van der Waals surface area contributed by atoms with Crippen molar-refractivity contribution in [1.82, 2.24) is 10.2 Å². The van der Waals surface area contributed by atoms with Crippen molar-refractivity contribution in [2.45, 2.75) is 6.04 Å². The number of halogens is 1. The number of hydrogen-bond donors (Lipinski definition) is 1. The molecule has 0 spiro atoms. The number of ether oxygens (including phenoxy) is 3. The summed E-state index contributed by atoms with van der Waals surface area (Å²) in [4.78, 5) is 14.6. The summed E-state index contributed by atoms with van der Waals surface area (Å²) in [7, 11) is 5.57. The summed E-state index contributed by atoms with van der Waals surface area (Å²) >= 11 is 6.15. The molecule has 138 valence electrons. The molecule has 7 heteroatoms. The van der Waals surface area contributed by atoms with E-state index < -0.39 is 0 Å². The summed E-state index contributed by atoms with van der Waals surface area (Å²) in [6.45, 7) is 0.545. The van der Waals surface area contributed by atoms with Gasteiger partial charge in [-0.2, -0.15) is 0 Å². The third-order valence-corrected chi connectivity index (χ3v) is 4.53. The van der Waals surface area contributed by atoms with E-state index in [4.69, 9.17) is 25.8 Å². The van der Waals surface area contributed by atoms with Crippen molar-refractivity contribution in [3.63, 3.8) is 0 Å². The quantitative estimate of drug-likeness (QED) is 0.839. The van der Waals surface area contributed by atoms with Gasteiger partial charge in [-0.05, 0) is 43.9 Å². The zero-order chi connectivity index (χ0) is 18.7. The number of methoxy groups -OCH3 is 1. The Morgan fingerprint density at radius 3 is 2.85 bits per heavy atom. The molecule has 0 fully saturated rings. The van der Waals surface area contributed by atoms with Gasteiger partial charge in [0.2, 0.25) is 6.79 Å². The molecule has 0 unspecified atom stereocenters. The van der Waals surface area contributed by atoms with Crippen molar-refractivity contribution < 1.29 is 19.0 Å². The predicted molar refractivity (Wildman–Crippen MR) is 99.3 cm³/mol. The topological polar surface area (TPSA) is 60.0 Å². The normalized spacial score (nSPS) is 13.6. The molecular formula is C19H21ClN2O4. The fourth-order valence-electron chi connectivity index (χ4n) is 2.84. The predicted octanol–water partition coefficient (Wildman–Crippen LogP) is 3.11. The summed E-state index contributed by atoms with van der Waals surface area (Å²) in [5.41, 5.74) is 1.49. The van der Waals surface area contributed by atoms with Crippen molar-refractivity contribution in [1.29, 1.82) is 0 Å². The summed E-state index contributed by atoms with van der Waals surface area (Å²) in [5, 5.41) is 3.32. The second-order valence-electron chi connectivity index (χ2n) is 6.16. The van der Waals surface area contributed by atoms with Gasteiger partial charge < -0.3 is 24.4 Å². The van der Waals surface area contributed by atoms with Crippen molar-refractivity contribution in [2.24, 2.45) is 0 Å². The Bertz CT molecular complexity index is 810. The molecule has 0 radical (unpaired) electrons. The number of nitrogens with one attached hydrogen (secondary N) is 1. The molecule has 1 heterocycles. The molecule has 1 amide bonds. The van der Waals surface area contributed by atoms with Crippen LogP contribution >= 0.6 is 11.6 Å². The van der Waals surface area contributed by atoms with Gasteiger partial charge in [0.1, 0.15) is 5.75 Å². The summed E-state index contributed by atoms with van der Waals surface area (Å²) in [5.74, 6) is 1.52. The molecule has 0 saturated heterocycles. The molecular weight excluding hydrogens is 356 g/mol. The van der Waals surface area contributed by atoms with Crippen molar-refractivity contribution in [3.8, 4) is 17.2 Å². The van der Waals surface area contributed by atoms with Crippen LogP contribution in [0.15, 0.2) is 36.4 Å². The zero-order valence-electron chi connectivity index (χ0n) is 14.9. The monoisotopic (exact) mass is 376 g/mol. The van der Waals surface area contributed by atoms with Crippen LogP contribution in [0.1, 0.15) is 22.0 Å². The van der Waals surface area contributed by atoms with E-state index >= 15 is 0 Å². The van der Waals surface area contributed by atoms with Gasteiger partial charge in [-0.1, -0.05) is 23.7 Å². The minimum Gasteiger partial charge on any atom is -0.497 e. The van der Waals surface area contributed by atoms with Gasteiger partial charge in [-0.25, -0.2) is 0 Å². The van der Waals surface area contributed by atoms with Gasteiger partial charge in [0.25, 0.3) is 5.91 Å². The molecule has 1 aliphatic rings. The number of nitrogens with zero attached hydrogens (tertiary/aromatic N) is 1. The maximum atomic E-state index is 12.6. The Morgan fingerprint density at radius 1 is 1.31 bits per heavy atom. The van der Waals surface area contributed by atoms with Crippen molar-refractivity contribution in [3.05, 3.63) is 52.5 Å². The standard InChI is InChI=1S/C19H21ClN2O4/c1-22(2)16(12-5-4-6-14(7-12)24-3)10-21-19(23)13-8-15(20)18-17(9-13)25-11-26-18/h4-9,16H,10-11H2,1-3H3,(H,21,23)/t16-/m0/s1. The van der Waals surface area contributed by atoms with Crippen molar-refractivity contribution in [2.75, 3.05) is 34.5 Å². The van der Waals surface area contributed by atoms with Crippen LogP contribution in [0.2, 0.25) is 5.02 Å². The largest absolute Gasteiger partial charge is 0.497 e. The minimum atomic E-state index is -0.222. The van der Waals surface area contributed by atoms with Gasteiger partial charge in [-0.3, -0.25) is 4.79 Å². The minimum absolute atomic E-state index is 0.00136. The lowest BCUT2D eigenvalue weighted by Gasteiger charge is -2.25. The highest BCUT2D eigenvalue weighted by Gasteiger charge is 2.22. The summed E-state index contributed by atoms with van der Waals surface area (Å²) in [6.07, 6.45) is 0. The van der Waals surface area contributed by atoms with Gasteiger partial charge in [0.05, 0.1) is 18.2 Å². The maximum Gasteiger partial charge on any atom is 0.251 e. The molecule has 26 heavy (non-hydrogen) atoms. The lowest BCUT2D eigenvalue weighted by atomic mass is 10.1. The lowest BCUT2D eigenvalue weighted by molar-refractivity contribution is 0.0941. The second-order valence-corrected chi connectivity index (χ2v) is 6.57. The van der Waals surface area contributed by atoms with E-state index in [9.17, 15) is 4.79 Å². The Hall–Kier alpha value is -2.44. The maximum absolute atomic E-state index is 12.6. The SMILES string of the molecule is COc1cccc([C@H](CNC(=O)c2cc(Cl)c3c(c2)OCO3)N(C)C)c1. The number of hydrogen-bond acceptors (Lipinski definition) is 5. The van der Waals surface area contributed by atoms with E-state index in [0.29, 0.717) is 28.6 Å². The Morgan fingerprint density at radius 2 is 2.12 bits per heavy atom. The van der Waals surface area contributed by atoms with E-state index in [1.807, 2.05) is 43.3 Å². The average molecular weight is 377 g/mol. The molecule has 1 atom stereocenters. The Labute approximate surface area is 157 Å². The van der Waals surface area contributed by atoms with Gasteiger partial charge >= 0.3 is 0 Å². The molecule has 3 rings (SSSR count). The number of likely N-dealkylation sites (N-methyl/N-ethyl adjacent to an activating group) is 1. The second kappa shape index (κ2) is 7.85. The first-order valence-electron chi connectivity index (χ1n) is 8.17. The molecule has 0 aromatic heterocycles. The third-order valence-electron chi connectivity index (χ3n) is 4.25. The average Bonchev–Trinajstić information content (AvgIpc) is 3.11. The first kappa shape index (κ1) is 18.4. The van der Waals surface area contributed by atoms with Crippen LogP contribution in [0.25, 0.3) is 0 Å². The summed E-state index contributed by atoms with van der Waals surface area (Å²) in [6, 6.07) is 11.0. The number of rotatable bonds is 6. The highest BCUT2D eigenvalue weighted by molar-refractivity contribution is 6.32. The molecule has 0 bridgehead atoms. The van der Waals surface area contributed by atoms with Crippen LogP contribution in [0.3, 0.4) is 0 Å². The third kappa shape index (κ3) is 3.86. The highest BCUT2D eigenvalue weighted by atomic mass is 35.5. The first-order chi connectivity index (χ1) is 12.5.